The molecule has 1 heterocycles. The van der Waals surface area contributed by atoms with Crippen LogP contribution in [-0.2, 0) is 11.3 Å². The Kier molecular flexibility index (Phi) is 5.10. The number of hydrogen-bond acceptors (Lipinski definition) is 3. The van der Waals surface area contributed by atoms with Crippen molar-refractivity contribution in [3.05, 3.63) is 77.6 Å². The van der Waals surface area contributed by atoms with Crippen molar-refractivity contribution in [2.75, 3.05) is 6.61 Å². The molecule has 0 unspecified atom stereocenters. The van der Waals surface area contributed by atoms with Crippen LogP contribution in [0, 0.1) is 12.7 Å². The zero-order chi connectivity index (χ0) is 21.3. The smallest absolute Gasteiger partial charge is 0.341 e. The van der Waals surface area contributed by atoms with Crippen molar-refractivity contribution in [2.45, 2.75) is 13.5 Å². The van der Waals surface area contributed by atoms with Crippen molar-refractivity contribution in [3.8, 4) is 5.75 Å². The van der Waals surface area contributed by atoms with Crippen LogP contribution in [0.15, 0.2) is 60.7 Å². The van der Waals surface area contributed by atoms with Crippen LogP contribution in [0.1, 0.15) is 11.1 Å². The Morgan fingerprint density at radius 2 is 1.87 bits per heavy atom. The number of halogens is 1. The second-order valence-corrected chi connectivity index (χ2v) is 6.98. The number of nitrogens with zero attached hydrogens (tertiary/aromatic N) is 1. The molecule has 2 N–H and O–H groups in total. The molecular formula is C23H19FN2O4. The predicted octanol–water partition coefficient (Wildman–Crippen LogP) is 4.46. The number of aromatic nitrogens is 1. The third-order valence-electron chi connectivity index (χ3n) is 4.77. The van der Waals surface area contributed by atoms with E-state index < -0.39 is 12.6 Å². The van der Waals surface area contributed by atoms with Gasteiger partial charge in [-0.15, -0.1) is 0 Å². The van der Waals surface area contributed by atoms with Gasteiger partial charge < -0.3 is 15.2 Å². The van der Waals surface area contributed by atoms with Crippen LogP contribution in [-0.4, -0.2) is 28.3 Å². The number of aliphatic carboxylic acids is 1. The number of carbonyl (C=O) groups is 2. The lowest BCUT2D eigenvalue weighted by molar-refractivity contribution is -0.139. The minimum Gasteiger partial charge on any atom is -0.481 e. The lowest BCUT2D eigenvalue weighted by atomic mass is 10.1. The maximum absolute atomic E-state index is 13.4. The van der Waals surface area contributed by atoms with Crippen molar-refractivity contribution in [2.24, 2.45) is 0 Å². The van der Waals surface area contributed by atoms with E-state index in [0.717, 1.165) is 10.9 Å². The maximum atomic E-state index is 13.4. The van der Waals surface area contributed by atoms with E-state index in [2.05, 4.69) is 5.32 Å². The molecule has 0 aliphatic heterocycles. The number of carbonyl (C=O) groups excluding carboxylic acids is 1. The third-order valence-corrected chi connectivity index (χ3v) is 4.77. The highest BCUT2D eigenvalue weighted by molar-refractivity contribution is 6.15. The Morgan fingerprint density at radius 1 is 1.07 bits per heavy atom. The van der Waals surface area contributed by atoms with E-state index >= 15 is 0 Å². The quantitative estimate of drug-likeness (QED) is 0.513. The summed E-state index contributed by atoms with van der Waals surface area (Å²) in [6, 6.07) is 16.6. The fraction of sp³-hybridized carbons (Fsp3) is 0.130. The van der Waals surface area contributed by atoms with E-state index in [9.17, 15) is 14.0 Å². The van der Waals surface area contributed by atoms with Gasteiger partial charge in [-0.25, -0.2) is 14.0 Å². The number of aryl methyl sites for hydroxylation is 1. The summed E-state index contributed by atoms with van der Waals surface area (Å²) in [5, 5.41) is 13.3. The maximum Gasteiger partial charge on any atom is 0.341 e. The Bertz CT molecular complexity index is 1280. The lowest BCUT2D eigenvalue weighted by Crippen LogP contribution is -2.27. The summed E-state index contributed by atoms with van der Waals surface area (Å²) in [5.41, 5.74) is 2.74. The molecule has 1 amide bonds. The number of ether oxygens (including phenoxy) is 1. The van der Waals surface area contributed by atoms with Gasteiger partial charge in [0, 0.05) is 11.9 Å². The van der Waals surface area contributed by atoms with Gasteiger partial charge in [0.15, 0.2) is 6.61 Å². The fourth-order valence-electron chi connectivity index (χ4n) is 3.57. The number of nitrogens with one attached hydrogen (secondary N) is 1. The molecule has 0 saturated heterocycles. The van der Waals surface area contributed by atoms with Gasteiger partial charge in [0.1, 0.15) is 11.6 Å². The van der Waals surface area contributed by atoms with E-state index in [1.807, 2.05) is 37.3 Å². The van der Waals surface area contributed by atoms with Crippen LogP contribution in [0.4, 0.5) is 9.18 Å². The molecule has 6 nitrogen and oxygen atoms in total. The number of amides is 1. The highest BCUT2D eigenvalue weighted by Crippen LogP contribution is 2.36. The predicted molar refractivity (Wildman–Crippen MR) is 111 cm³/mol. The molecule has 4 aromatic rings. The van der Waals surface area contributed by atoms with Gasteiger partial charge in [-0.05, 0) is 48.4 Å². The highest BCUT2D eigenvalue weighted by atomic mass is 19.1. The number of para-hydroxylation sites is 1. The summed E-state index contributed by atoms with van der Waals surface area (Å²) >= 11 is 0. The van der Waals surface area contributed by atoms with Crippen LogP contribution in [0.5, 0.6) is 5.75 Å². The largest absolute Gasteiger partial charge is 0.481 e. The minimum atomic E-state index is -1.08. The first-order chi connectivity index (χ1) is 14.4. The number of hydrogen-bond donors (Lipinski definition) is 2. The number of rotatable bonds is 5. The van der Waals surface area contributed by atoms with Crippen molar-refractivity contribution in [1.82, 2.24) is 9.88 Å². The number of fused-ring (bicyclic) bond motifs is 3. The molecule has 0 fully saturated rings. The SMILES string of the molecule is Cc1cc(OCC(=O)O)c2c3ccccc3n(C(=O)NCc3cccc(F)c3)c2c1. The highest BCUT2D eigenvalue weighted by Gasteiger charge is 2.19. The Morgan fingerprint density at radius 3 is 2.63 bits per heavy atom. The summed E-state index contributed by atoms with van der Waals surface area (Å²) < 4.78 is 20.5. The monoisotopic (exact) mass is 406 g/mol. The first-order valence-electron chi connectivity index (χ1n) is 9.35. The number of benzene rings is 3. The molecule has 0 radical (unpaired) electrons. The number of carboxylic acid groups (broad SMARTS) is 1. The van der Waals surface area contributed by atoms with E-state index in [0.29, 0.717) is 27.7 Å². The molecule has 0 atom stereocenters. The molecule has 30 heavy (non-hydrogen) atoms. The van der Waals surface area contributed by atoms with E-state index in [1.165, 1.54) is 16.7 Å². The van der Waals surface area contributed by atoms with Crippen LogP contribution < -0.4 is 10.1 Å². The second-order valence-electron chi connectivity index (χ2n) is 6.98. The zero-order valence-electron chi connectivity index (χ0n) is 16.2. The Hall–Kier alpha value is -3.87. The van der Waals surface area contributed by atoms with Gasteiger partial charge in [0.05, 0.1) is 16.4 Å². The van der Waals surface area contributed by atoms with Gasteiger partial charge in [-0.2, -0.15) is 0 Å². The summed E-state index contributed by atoms with van der Waals surface area (Å²) in [4.78, 5) is 24.1. The topological polar surface area (TPSA) is 80.6 Å². The molecular weight excluding hydrogens is 387 g/mol. The van der Waals surface area contributed by atoms with E-state index in [4.69, 9.17) is 9.84 Å². The van der Waals surface area contributed by atoms with E-state index in [-0.39, 0.29) is 18.4 Å². The first-order valence-corrected chi connectivity index (χ1v) is 9.35. The summed E-state index contributed by atoms with van der Waals surface area (Å²) in [5.74, 6) is -1.05. The normalized spacial score (nSPS) is 11.0. The van der Waals surface area contributed by atoms with Gasteiger partial charge in [0.25, 0.3) is 0 Å². The molecule has 0 spiro atoms. The number of carboxylic acids is 1. The lowest BCUT2D eigenvalue weighted by Gasteiger charge is -2.10. The van der Waals surface area contributed by atoms with Crippen molar-refractivity contribution in [1.29, 1.82) is 0 Å². The van der Waals surface area contributed by atoms with Crippen LogP contribution in [0.3, 0.4) is 0 Å². The molecule has 3 aromatic carbocycles. The molecule has 152 valence electrons. The Labute approximate surface area is 171 Å². The van der Waals surface area contributed by atoms with Crippen molar-refractivity contribution < 1.29 is 23.8 Å². The summed E-state index contributed by atoms with van der Waals surface area (Å²) in [6.07, 6.45) is 0. The summed E-state index contributed by atoms with van der Waals surface area (Å²) in [7, 11) is 0. The van der Waals surface area contributed by atoms with Crippen LogP contribution >= 0.6 is 0 Å². The molecule has 7 heteroatoms. The third kappa shape index (κ3) is 3.69. The summed E-state index contributed by atoms with van der Waals surface area (Å²) in [6.45, 7) is 1.53. The Balaban J connectivity index is 1.80. The van der Waals surface area contributed by atoms with Crippen LogP contribution in [0.2, 0.25) is 0 Å². The molecule has 1 aromatic heterocycles. The average Bonchev–Trinajstić information content (AvgIpc) is 3.04. The first kappa shape index (κ1) is 19.4. The molecule has 4 rings (SSSR count). The van der Waals surface area contributed by atoms with Crippen molar-refractivity contribution in [3.63, 3.8) is 0 Å². The van der Waals surface area contributed by atoms with Crippen LogP contribution in [0.25, 0.3) is 21.8 Å². The van der Waals surface area contributed by atoms with E-state index in [1.54, 1.807) is 18.2 Å². The standard InChI is InChI=1S/C23H19FN2O4/c1-14-9-19-22(20(10-14)30-13-21(27)28)17-7-2-3-8-18(17)26(19)23(29)25-12-15-5-4-6-16(24)11-15/h2-11H,12-13H2,1H3,(H,25,29)(H,27,28). The second kappa shape index (κ2) is 7.87. The molecule has 0 bridgehead atoms. The fourth-order valence-corrected chi connectivity index (χ4v) is 3.57. The van der Waals surface area contributed by atoms with Gasteiger partial charge in [0.2, 0.25) is 0 Å². The molecule has 0 aliphatic carbocycles. The van der Waals surface area contributed by atoms with Gasteiger partial charge in [-0.3, -0.25) is 4.57 Å². The minimum absolute atomic E-state index is 0.165. The molecule has 0 aliphatic rings. The van der Waals surface area contributed by atoms with Crippen molar-refractivity contribution >= 4 is 33.8 Å². The van der Waals surface area contributed by atoms with Gasteiger partial charge in [-0.1, -0.05) is 30.3 Å². The van der Waals surface area contributed by atoms with Gasteiger partial charge >= 0.3 is 12.0 Å². The average molecular weight is 406 g/mol. The zero-order valence-corrected chi connectivity index (χ0v) is 16.2. The molecule has 0 saturated carbocycles.